The number of amides is 1. The van der Waals surface area contributed by atoms with Crippen molar-refractivity contribution in [2.45, 2.75) is 10.1 Å². The predicted molar refractivity (Wildman–Crippen MR) is 107 cm³/mol. The highest BCUT2D eigenvalue weighted by Gasteiger charge is 2.09. The Morgan fingerprint density at radius 1 is 1.21 bits per heavy atom. The highest BCUT2D eigenvalue weighted by atomic mass is 32.2. The molecule has 0 spiro atoms. The van der Waals surface area contributed by atoms with Crippen molar-refractivity contribution in [1.82, 2.24) is 10.2 Å². The standard InChI is InChI=1S/C18H13FN4O3S2/c19-15-4-2-1-3-13(15)11-27-18-22-21-17(28-18)20-16(24)10-7-12-5-8-14(9-6-12)23(25)26/h1-10H,11H2,(H,20,21,24). The van der Waals surface area contributed by atoms with Gasteiger partial charge >= 0.3 is 0 Å². The van der Waals surface area contributed by atoms with Crippen LogP contribution in [0.4, 0.5) is 15.2 Å². The maximum absolute atomic E-state index is 13.6. The zero-order chi connectivity index (χ0) is 19.9. The summed E-state index contributed by atoms with van der Waals surface area (Å²) < 4.78 is 14.2. The molecule has 1 amide bonds. The smallest absolute Gasteiger partial charge is 0.269 e. The van der Waals surface area contributed by atoms with E-state index >= 15 is 0 Å². The molecule has 142 valence electrons. The molecular formula is C18H13FN4O3S2. The number of nitro benzene ring substituents is 1. The van der Waals surface area contributed by atoms with Crippen LogP contribution in [-0.2, 0) is 10.5 Å². The second-order valence-corrected chi connectivity index (χ2v) is 7.62. The van der Waals surface area contributed by atoms with Crippen molar-refractivity contribution in [3.8, 4) is 0 Å². The van der Waals surface area contributed by atoms with Gasteiger partial charge in [0.2, 0.25) is 11.0 Å². The number of nitrogens with zero attached hydrogens (tertiary/aromatic N) is 3. The molecule has 1 N–H and O–H groups in total. The first-order valence-corrected chi connectivity index (χ1v) is 9.75. The van der Waals surface area contributed by atoms with E-state index in [0.29, 0.717) is 26.4 Å². The number of hydrogen-bond acceptors (Lipinski definition) is 7. The van der Waals surface area contributed by atoms with Crippen molar-refractivity contribution in [2.24, 2.45) is 0 Å². The van der Waals surface area contributed by atoms with Gasteiger partial charge in [0.15, 0.2) is 4.34 Å². The third kappa shape index (κ3) is 5.44. The molecule has 28 heavy (non-hydrogen) atoms. The van der Waals surface area contributed by atoms with Gasteiger partial charge in [0.25, 0.3) is 5.69 Å². The SMILES string of the molecule is O=C(C=Cc1ccc([N+](=O)[O-])cc1)Nc1nnc(SCc2ccccc2F)s1. The second kappa shape index (κ2) is 9.20. The number of rotatable bonds is 7. The zero-order valence-corrected chi connectivity index (χ0v) is 15.9. The van der Waals surface area contributed by atoms with Gasteiger partial charge < -0.3 is 0 Å². The third-order valence-corrected chi connectivity index (χ3v) is 5.50. The monoisotopic (exact) mass is 416 g/mol. The third-order valence-electron chi connectivity index (χ3n) is 3.48. The second-order valence-electron chi connectivity index (χ2n) is 5.42. The first-order valence-electron chi connectivity index (χ1n) is 7.94. The summed E-state index contributed by atoms with van der Waals surface area (Å²) in [7, 11) is 0. The number of anilines is 1. The molecule has 3 rings (SSSR count). The number of aromatic nitrogens is 2. The number of carbonyl (C=O) groups excluding carboxylic acids is 1. The normalized spacial score (nSPS) is 10.9. The molecule has 1 aromatic heterocycles. The lowest BCUT2D eigenvalue weighted by atomic mass is 10.2. The van der Waals surface area contributed by atoms with Crippen molar-refractivity contribution in [3.63, 3.8) is 0 Å². The molecule has 0 aliphatic rings. The Morgan fingerprint density at radius 2 is 1.96 bits per heavy atom. The Bertz CT molecular complexity index is 1020. The van der Waals surface area contributed by atoms with E-state index < -0.39 is 10.8 Å². The van der Waals surface area contributed by atoms with Gasteiger partial charge in [-0.05, 0) is 35.4 Å². The molecule has 7 nitrogen and oxygen atoms in total. The number of carbonyl (C=O) groups is 1. The quantitative estimate of drug-likeness (QED) is 0.200. The molecule has 1 heterocycles. The minimum atomic E-state index is -0.489. The molecule has 0 aliphatic heterocycles. The fourth-order valence-electron chi connectivity index (χ4n) is 2.10. The molecule has 0 unspecified atom stereocenters. The summed E-state index contributed by atoms with van der Waals surface area (Å²) in [6.45, 7) is 0. The lowest BCUT2D eigenvalue weighted by Gasteiger charge is -1.99. The Kier molecular flexibility index (Phi) is 6.45. The number of non-ortho nitro benzene ring substituents is 1. The van der Waals surface area contributed by atoms with Crippen molar-refractivity contribution in [1.29, 1.82) is 0 Å². The van der Waals surface area contributed by atoms with Gasteiger partial charge in [0.05, 0.1) is 4.92 Å². The van der Waals surface area contributed by atoms with E-state index in [1.54, 1.807) is 30.3 Å². The Morgan fingerprint density at radius 3 is 2.68 bits per heavy atom. The molecule has 3 aromatic rings. The van der Waals surface area contributed by atoms with Gasteiger partial charge in [0, 0.05) is 24.0 Å². The first kappa shape index (κ1) is 19.6. The van der Waals surface area contributed by atoms with Crippen LogP contribution in [0.15, 0.2) is 58.9 Å². The largest absolute Gasteiger partial charge is 0.297 e. The number of benzene rings is 2. The van der Waals surface area contributed by atoms with Gasteiger partial charge in [-0.15, -0.1) is 10.2 Å². The molecule has 10 heteroatoms. The van der Waals surface area contributed by atoms with Crippen LogP contribution in [0.25, 0.3) is 6.08 Å². The van der Waals surface area contributed by atoms with Crippen molar-refractivity contribution in [2.75, 3.05) is 5.32 Å². The van der Waals surface area contributed by atoms with Crippen LogP contribution in [0, 0.1) is 15.9 Å². The Balaban J connectivity index is 1.53. The average molecular weight is 416 g/mol. The molecule has 2 aromatic carbocycles. The molecule has 0 saturated heterocycles. The van der Waals surface area contributed by atoms with Crippen LogP contribution in [0.2, 0.25) is 0 Å². The Labute approximate surface area is 167 Å². The van der Waals surface area contributed by atoms with E-state index in [4.69, 9.17) is 0 Å². The molecule has 0 atom stereocenters. The minimum Gasteiger partial charge on any atom is -0.297 e. The van der Waals surface area contributed by atoms with Gasteiger partial charge in [0.1, 0.15) is 5.82 Å². The summed E-state index contributed by atoms with van der Waals surface area (Å²) in [5.74, 6) is -0.264. The Hall–Kier alpha value is -3.11. The van der Waals surface area contributed by atoms with E-state index in [1.165, 1.54) is 53.4 Å². The van der Waals surface area contributed by atoms with E-state index in [0.717, 1.165) is 0 Å². The van der Waals surface area contributed by atoms with Gasteiger partial charge in [-0.2, -0.15) is 0 Å². The van der Waals surface area contributed by atoms with Crippen molar-refractivity contribution >= 4 is 45.9 Å². The minimum absolute atomic E-state index is 0.0177. The van der Waals surface area contributed by atoms with Gasteiger partial charge in [-0.25, -0.2) is 4.39 Å². The van der Waals surface area contributed by atoms with E-state index in [1.807, 2.05) is 0 Å². The number of thioether (sulfide) groups is 1. The van der Waals surface area contributed by atoms with E-state index in [-0.39, 0.29) is 11.5 Å². The molecular weight excluding hydrogens is 403 g/mol. The fourth-order valence-corrected chi connectivity index (χ4v) is 3.84. The van der Waals surface area contributed by atoms with Crippen LogP contribution >= 0.6 is 23.1 Å². The highest BCUT2D eigenvalue weighted by Crippen LogP contribution is 2.29. The summed E-state index contributed by atoms with van der Waals surface area (Å²) in [5, 5.41) is 21.4. The highest BCUT2D eigenvalue weighted by molar-refractivity contribution is 8.00. The number of halogens is 1. The summed E-state index contributed by atoms with van der Waals surface area (Å²) in [6.07, 6.45) is 2.84. The van der Waals surface area contributed by atoms with E-state index in [9.17, 15) is 19.3 Å². The first-order chi connectivity index (χ1) is 13.5. The van der Waals surface area contributed by atoms with Crippen LogP contribution < -0.4 is 5.32 Å². The molecule has 0 saturated carbocycles. The number of nitrogens with one attached hydrogen (secondary N) is 1. The van der Waals surface area contributed by atoms with Crippen LogP contribution in [0.3, 0.4) is 0 Å². The van der Waals surface area contributed by atoms with Crippen molar-refractivity contribution < 1.29 is 14.1 Å². The maximum atomic E-state index is 13.6. The van der Waals surface area contributed by atoms with Crippen LogP contribution in [0.5, 0.6) is 0 Å². The van der Waals surface area contributed by atoms with E-state index in [2.05, 4.69) is 15.5 Å². The van der Waals surface area contributed by atoms with Crippen molar-refractivity contribution in [3.05, 3.63) is 81.7 Å². The summed E-state index contributed by atoms with van der Waals surface area (Å²) in [4.78, 5) is 22.1. The molecule has 0 bridgehead atoms. The number of nitro groups is 1. The fraction of sp³-hybridized carbons (Fsp3) is 0.0556. The lowest BCUT2D eigenvalue weighted by molar-refractivity contribution is -0.384. The number of hydrogen-bond donors (Lipinski definition) is 1. The molecule has 0 fully saturated rings. The summed E-state index contributed by atoms with van der Waals surface area (Å²) in [5.41, 5.74) is 1.20. The zero-order valence-electron chi connectivity index (χ0n) is 14.2. The molecule has 0 aliphatic carbocycles. The average Bonchev–Trinajstić information content (AvgIpc) is 3.13. The topological polar surface area (TPSA) is 98.0 Å². The lowest BCUT2D eigenvalue weighted by Crippen LogP contribution is -2.07. The van der Waals surface area contributed by atoms with Crippen LogP contribution in [-0.4, -0.2) is 21.0 Å². The molecule has 0 radical (unpaired) electrons. The maximum Gasteiger partial charge on any atom is 0.269 e. The predicted octanol–water partition coefficient (Wildman–Crippen LogP) is 4.53. The summed E-state index contributed by atoms with van der Waals surface area (Å²) >= 11 is 2.52. The summed E-state index contributed by atoms with van der Waals surface area (Å²) in [6, 6.07) is 12.3. The van der Waals surface area contributed by atoms with Gasteiger partial charge in [-0.3, -0.25) is 20.2 Å². The van der Waals surface area contributed by atoms with Crippen LogP contribution in [0.1, 0.15) is 11.1 Å². The van der Waals surface area contributed by atoms with Gasteiger partial charge in [-0.1, -0.05) is 41.3 Å².